The summed E-state index contributed by atoms with van der Waals surface area (Å²) in [6.45, 7) is 16.3. The van der Waals surface area contributed by atoms with Crippen LogP contribution in [0, 0.1) is 12.3 Å². The number of aryl methyl sites for hydroxylation is 1. The third kappa shape index (κ3) is 18.3. The third-order valence-electron chi connectivity index (χ3n) is 16.5. The first kappa shape index (κ1) is 65.0. The van der Waals surface area contributed by atoms with Gasteiger partial charge < -0.3 is 46.1 Å². The van der Waals surface area contributed by atoms with Crippen molar-refractivity contribution in [3.05, 3.63) is 123 Å². The number of nitrogens with one attached hydrogen (secondary N) is 5. The predicted molar refractivity (Wildman–Crippen MR) is 330 cm³/mol. The number of alkyl halides is 3. The van der Waals surface area contributed by atoms with Crippen molar-refractivity contribution in [3.63, 3.8) is 0 Å². The molecule has 0 aliphatic carbocycles. The molecule has 3 saturated heterocycles. The van der Waals surface area contributed by atoms with E-state index in [4.69, 9.17) is 0 Å². The maximum Gasteiger partial charge on any atom is 0.417 e. The average Bonchev–Trinajstić information content (AvgIpc) is 3.83. The van der Waals surface area contributed by atoms with E-state index in [1.807, 2.05) is 88.8 Å². The van der Waals surface area contributed by atoms with Gasteiger partial charge in [0.05, 0.1) is 44.7 Å². The van der Waals surface area contributed by atoms with Crippen molar-refractivity contribution in [1.82, 2.24) is 45.5 Å². The molecular formula is C64H84F3N11O7S. The van der Waals surface area contributed by atoms with Crippen LogP contribution in [0.5, 0.6) is 0 Å². The summed E-state index contributed by atoms with van der Waals surface area (Å²) in [6.07, 6.45) is 2.14. The number of rotatable bonds is 25. The van der Waals surface area contributed by atoms with E-state index >= 15 is 0 Å². The van der Waals surface area contributed by atoms with Crippen molar-refractivity contribution in [1.29, 1.82) is 0 Å². The number of halogens is 3. The summed E-state index contributed by atoms with van der Waals surface area (Å²) in [7, 11) is 2.02. The number of hydrogen-bond acceptors (Lipinski definition) is 13. The lowest BCUT2D eigenvalue weighted by molar-refractivity contribution is -0.144. The fourth-order valence-corrected chi connectivity index (χ4v) is 12.2. The van der Waals surface area contributed by atoms with E-state index in [1.165, 1.54) is 4.90 Å². The number of likely N-dealkylation sites (N-methyl/N-ethyl adjacent to an activating group) is 1. The van der Waals surface area contributed by atoms with Crippen LogP contribution in [0.25, 0.3) is 21.6 Å². The molecule has 0 saturated carbocycles. The number of pyridine rings is 1. The highest BCUT2D eigenvalue weighted by Gasteiger charge is 2.44. The maximum absolute atomic E-state index is 14.1. The predicted octanol–water partition coefficient (Wildman–Crippen LogP) is 8.05. The SMILES string of the molecule is Cc1ncsc1-c1ccc(CNC(=O)C2CC(O)CN2C(=O)C(NC(=O)CCCCCCCCCC(=O)NCCN2CCN(Cc3cccc(-c4ccc(N5CCN(C)CC5)c(NC(=O)c5c[nH]c(=O)cc5C(F)(F)F)c4)c3)CC2)C(C)(C)C)cc1. The average molecular weight is 1210 g/mol. The van der Waals surface area contributed by atoms with Crippen LogP contribution in [-0.4, -0.2) is 161 Å². The summed E-state index contributed by atoms with van der Waals surface area (Å²) < 4.78 is 41.9. The lowest BCUT2D eigenvalue weighted by atomic mass is 9.85. The van der Waals surface area contributed by atoms with Gasteiger partial charge in [-0.05, 0) is 78.2 Å². The Morgan fingerprint density at radius 3 is 2.08 bits per heavy atom. The van der Waals surface area contributed by atoms with Gasteiger partial charge in [-0.3, -0.25) is 38.6 Å². The molecule has 0 radical (unpaired) electrons. The number of nitrogens with zero attached hydrogens (tertiary/aromatic N) is 6. The Kier molecular flexibility index (Phi) is 22.7. The molecule has 22 heteroatoms. The van der Waals surface area contributed by atoms with Crippen molar-refractivity contribution in [3.8, 4) is 21.6 Å². The number of benzene rings is 3. The van der Waals surface area contributed by atoms with Crippen molar-refractivity contribution >= 4 is 52.2 Å². The quantitative estimate of drug-likeness (QED) is 0.0306. The Hall–Kier alpha value is -6.98. The highest BCUT2D eigenvalue weighted by atomic mass is 32.1. The number of β-amino-alcohol motifs (C(OH)–C–C–N with tert-alkyl or cyclic N) is 1. The zero-order chi connectivity index (χ0) is 61.5. The van der Waals surface area contributed by atoms with E-state index in [1.54, 1.807) is 17.4 Å². The number of carbonyl (C=O) groups is 5. The highest BCUT2D eigenvalue weighted by Crippen LogP contribution is 2.36. The number of H-pyrrole nitrogens is 1. The van der Waals surface area contributed by atoms with Gasteiger partial charge >= 0.3 is 6.18 Å². The van der Waals surface area contributed by atoms with Gasteiger partial charge in [0.1, 0.15) is 12.1 Å². The number of anilines is 2. The smallest absolute Gasteiger partial charge is 0.391 e. The van der Waals surface area contributed by atoms with Crippen LogP contribution in [0.2, 0.25) is 0 Å². The van der Waals surface area contributed by atoms with Crippen LogP contribution in [0.4, 0.5) is 24.5 Å². The number of aromatic amines is 1. The largest absolute Gasteiger partial charge is 0.417 e. The van der Waals surface area contributed by atoms with E-state index in [-0.39, 0.29) is 49.6 Å². The first-order valence-corrected chi connectivity index (χ1v) is 31.0. The molecule has 3 aromatic carbocycles. The van der Waals surface area contributed by atoms with Crippen LogP contribution >= 0.6 is 11.3 Å². The standard InChI is InChI=1S/C64H84F3N11O7S/c1-43-58(86-42-71-43)46-20-18-44(19-21-46)38-70-61(84)54-36-49(79)41-78(54)62(85)59(63(2,3)4)73-56(81)17-12-10-8-6-7-9-11-16-55(80)68-24-25-75-28-30-76(31-29-75)40-45-14-13-15-47(34-45)48-22-23-53(77-32-26-74(5)27-33-77)52(35-48)72-60(83)50-39-69-57(82)37-51(50)64(65,66)67/h13-15,18-23,34-35,37,39,42,49,54,59,79H,6-12,16-17,24-33,36,38,40-41H2,1-5H3,(H,68,80)(H,69,82)(H,70,84)(H,72,83)(H,73,81). The lowest BCUT2D eigenvalue weighted by Gasteiger charge is -2.35. The fourth-order valence-electron chi connectivity index (χ4n) is 11.4. The number of unbranched alkanes of at least 4 members (excludes halogenated alkanes) is 6. The van der Waals surface area contributed by atoms with Crippen molar-refractivity contribution in [2.45, 2.75) is 129 Å². The molecule has 3 unspecified atom stereocenters. The lowest BCUT2D eigenvalue weighted by Crippen LogP contribution is -2.57. The van der Waals surface area contributed by atoms with Gasteiger partial charge in [-0.15, -0.1) is 11.3 Å². The molecule has 2 aromatic heterocycles. The minimum absolute atomic E-state index is 0.0123. The zero-order valence-corrected chi connectivity index (χ0v) is 51.0. The minimum atomic E-state index is -4.90. The van der Waals surface area contributed by atoms with E-state index in [0.717, 1.165) is 135 Å². The number of piperazine rings is 2. The van der Waals surface area contributed by atoms with Gasteiger partial charge in [0.2, 0.25) is 29.2 Å². The topological polar surface area (TPSA) is 216 Å². The van der Waals surface area contributed by atoms with Gasteiger partial charge in [0, 0.05) is 117 Å². The highest BCUT2D eigenvalue weighted by molar-refractivity contribution is 7.13. The van der Waals surface area contributed by atoms with Gasteiger partial charge in [-0.2, -0.15) is 13.2 Å². The summed E-state index contributed by atoms with van der Waals surface area (Å²) in [4.78, 5) is 97.0. The molecule has 3 fully saturated rings. The molecule has 5 amide bonds. The summed E-state index contributed by atoms with van der Waals surface area (Å²) in [5.41, 5.74) is 5.01. The number of carbonyl (C=O) groups excluding carboxylic acids is 5. The van der Waals surface area contributed by atoms with Crippen molar-refractivity contribution < 1.29 is 42.3 Å². The molecule has 3 aliphatic rings. The summed E-state index contributed by atoms with van der Waals surface area (Å²) in [6, 6.07) is 20.3. The number of likely N-dealkylation sites (tertiary alicyclic amines) is 1. The van der Waals surface area contributed by atoms with Crippen LogP contribution in [0.15, 0.2) is 89.3 Å². The van der Waals surface area contributed by atoms with Gasteiger partial charge in [0.25, 0.3) is 5.91 Å². The number of aliphatic hydroxyl groups excluding tert-OH is 1. The molecule has 6 N–H and O–H groups in total. The Bertz CT molecular complexity index is 3170. The molecule has 5 heterocycles. The molecule has 8 rings (SSSR count). The van der Waals surface area contributed by atoms with E-state index in [2.05, 4.69) is 63.0 Å². The second-order valence-electron chi connectivity index (χ2n) is 24.2. The van der Waals surface area contributed by atoms with Gasteiger partial charge in [0.15, 0.2) is 0 Å². The molecule has 3 aliphatic heterocycles. The van der Waals surface area contributed by atoms with Crippen LogP contribution in [0.1, 0.15) is 118 Å². The number of amides is 5. The van der Waals surface area contributed by atoms with Gasteiger partial charge in [-0.1, -0.05) is 101 Å². The third-order valence-corrected chi connectivity index (χ3v) is 17.4. The normalized spacial score (nSPS) is 17.5. The Balaban J connectivity index is 0.691. The second-order valence-corrected chi connectivity index (χ2v) is 25.0. The first-order valence-electron chi connectivity index (χ1n) is 30.1. The van der Waals surface area contributed by atoms with Crippen molar-refractivity contribution in [2.75, 3.05) is 89.3 Å². The molecule has 18 nitrogen and oxygen atoms in total. The zero-order valence-electron chi connectivity index (χ0n) is 50.2. The Morgan fingerprint density at radius 1 is 0.767 bits per heavy atom. The van der Waals surface area contributed by atoms with E-state index in [0.29, 0.717) is 49.9 Å². The molecule has 0 spiro atoms. The molecular weight excluding hydrogens is 1120 g/mol. The van der Waals surface area contributed by atoms with Crippen LogP contribution in [0.3, 0.4) is 0 Å². The van der Waals surface area contributed by atoms with E-state index < -0.39 is 52.4 Å². The number of aromatic nitrogens is 2. The maximum atomic E-state index is 14.1. The fraction of sp³-hybridized carbons (Fsp3) is 0.516. The summed E-state index contributed by atoms with van der Waals surface area (Å²) in [5, 5.41) is 22.4. The van der Waals surface area contributed by atoms with Crippen LogP contribution in [-0.2, 0) is 38.4 Å². The molecule has 5 aromatic rings. The van der Waals surface area contributed by atoms with Crippen LogP contribution < -0.4 is 31.7 Å². The second kappa shape index (κ2) is 30.1. The summed E-state index contributed by atoms with van der Waals surface area (Å²) >= 11 is 1.57. The Morgan fingerprint density at radius 2 is 1.42 bits per heavy atom. The molecule has 86 heavy (non-hydrogen) atoms. The molecule has 0 bridgehead atoms. The van der Waals surface area contributed by atoms with Gasteiger partial charge in [-0.25, -0.2) is 4.98 Å². The minimum Gasteiger partial charge on any atom is -0.391 e. The molecule has 464 valence electrons. The number of hydrogen-bond donors (Lipinski definition) is 6. The number of aliphatic hydroxyl groups is 1. The summed E-state index contributed by atoms with van der Waals surface area (Å²) in [5.74, 6) is -1.88. The Labute approximate surface area is 506 Å². The van der Waals surface area contributed by atoms with E-state index in [9.17, 15) is 47.0 Å². The number of thiazole rings is 1. The molecule has 3 atom stereocenters. The van der Waals surface area contributed by atoms with Crippen molar-refractivity contribution in [2.24, 2.45) is 5.41 Å². The monoisotopic (exact) mass is 1210 g/mol. The first-order chi connectivity index (χ1) is 41.1.